The molecule has 2 heterocycles. The summed E-state index contributed by atoms with van der Waals surface area (Å²) in [4.78, 5) is 69.4. The molecule has 1 aliphatic rings. The van der Waals surface area contributed by atoms with Crippen LogP contribution in [0.15, 0.2) is 29.1 Å². The van der Waals surface area contributed by atoms with Crippen LogP contribution < -0.4 is 10.7 Å². The first-order valence-electron chi connectivity index (χ1n) is 12.4. The van der Waals surface area contributed by atoms with Crippen molar-refractivity contribution in [2.45, 2.75) is 52.2 Å². The molecule has 3 amide bonds. The summed E-state index contributed by atoms with van der Waals surface area (Å²) in [7, 11) is 0. The van der Waals surface area contributed by atoms with E-state index in [-0.39, 0.29) is 51.3 Å². The number of pyridine rings is 1. The molecule has 11 nitrogen and oxygen atoms in total. The molecule has 2 aromatic rings. The number of piperazine rings is 1. The molecular weight excluding hydrogens is 516 g/mol. The van der Waals surface area contributed by atoms with Crippen molar-refractivity contribution in [2.24, 2.45) is 0 Å². The number of nitrogens with one attached hydrogen (secondary N) is 2. The van der Waals surface area contributed by atoms with Crippen molar-refractivity contribution in [3.05, 3.63) is 45.2 Å². The summed E-state index contributed by atoms with van der Waals surface area (Å²) in [6.45, 7) is 8.21. The molecule has 3 rings (SSSR count). The van der Waals surface area contributed by atoms with E-state index in [1.165, 1.54) is 15.9 Å². The van der Waals surface area contributed by atoms with Crippen molar-refractivity contribution in [1.29, 1.82) is 0 Å². The fourth-order valence-corrected chi connectivity index (χ4v) is 4.21. The molecule has 0 aliphatic carbocycles. The average Bonchev–Trinajstić information content (AvgIpc) is 2.85. The number of hydrogen-bond donors (Lipinski definition) is 2. The van der Waals surface area contributed by atoms with Crippen LogP contribution in [0.2, 0.25) is 5.02 Å². The lowest BCUT2D eigenvalue weighted by Gasteiger charge is -2.36. The van der Waals surface area contributed by atoms with E-state index in [1.807, 2.05) is 0 Å². The number of rotatable bonds is 7. The van der Waals surface area contributed by atoms with Gasteiger partial charge in [-0.25, -0.2) is 4.79 Å². The third kappa shape index (κ3) is 7.70. The first kappa shape index (κ1) is 29.0. The Morgan fingerprint density at radius 1 is 1.08 bits per heavy atom. The SMILES string of the molecule is CCOC(=O)N1CCN(C(=O)[C@H](CCC(=O)OC(C)(C)C)NC(=O)c2cc(=O)c3cc(Cl)ccc3[nH]2)CC1. The van der Waals surface area contributed by atoms with Gasteiger partial charge in [-0.15, -0.1) is 0 Å². The minimum Gasteiger partial charge on any atom is -0.460 e. The van der Waals surface area contributed by atoms with Crippen molar-refractivity contribution in [3.8, 4) is 0 Å². The first-order chi connectivity index (χ1) is 17.9. The van der Waals surface area contributed by atoms with Gasteiger partial charge in [0, 0.05) is 54.6 Å². The zero-order valence-electron chi connectivity index (χ0n) is 22.0. The van der Waals surface area contributed by atoms with Gasteiger partial charge in [0.15, 0.2) is 5.43 Å². The molecule has 1 aromatic heterocycles. The maximum atomic E-state index is 13.4. The van der Waals surface area contributed by atoms with Crippen LogP contribution in [-0.4, -0.2) is 83.1 Å². The highest BCUT2D eigenvalue weighted by molar-refractivity contribution is 6.31. The van der Waals surface area contributed by atoms with E-state index in [2.05, 4.69) is 10.3 Å². The number of ether oxygens (including phenoxy) is 2. The largest absolute Gasteiger partial charge is 0.460 e. The highest BCUT2D eigenvalue weighted by Crippen LogP contribution is 2.16. The van der Waals surface area contributed by atoms with Crippen LogP contribution in [0.25, 0.3) is 10.9 Å². The number of nitrogens with zero attached hydrogens (tertiary/aromatic N) is 2. The standard InChI is InChI=1S/C26H33ClN4O7/c1-5-37-25(36)31-12-10-30(11-13-31)24(35)19(8-9-22(33)38-26(2,3)4)29-23(34)20-15-21(32)17-14-16(27)6-7-18(17)28-20/h6-7,14-15,19H,5,8-13H2,1-4H3,(H,28,32)(H,29,34)/t19-/m0/s1. The van der Waals surface area contributed by atoms with E-state index in [1.54, 1.807) is 39.8 Å². The molecule has 1 fully saturated rings. The Bertz CT molecular complexity index is 1260. The third-order valence-electron chi connectivity index (χ3n) is 5.81. The maximum absolute atomic E-state index is 13.4. The van der Waals surface area contributed by atoms with Crippen LogP contribution in [0.5, 0.6) is 0 Å². The second-order valence-corrected chi connectivity index (χ2v) is 10.3. The Morgan fingerprint density at radius 2 is 1.74 bits per heavy atom. The second-order valence-electron chi connectivity index (χ2n) is 9.90. The Kier molecular flexibility index (Phi) is 9.37. The van der Waals surface area contributed by atoms with Gasteiger partial charge in [0.2, 0.25) is 5.91 Å². The number of amides is 3. The van der Waals surface area contributed by atoms with Crippen LogP contribution in [0.3, 0.4) is 0 Å². The van der Waals surface area contributed by atoms with Crippen molar-refractivity contribution >= 4 is 46.4 Å². The summed E-state index contributed by atoms with van der Waals surface area (Å²) in [6, 6.07) is 4.75. The molecule has 0 bridgehead atoms. The quantitative estimate of drug-likeness (QED) is 0.507. The highest BCUT2D eigenvalue weighted by atomic mass is 35.5. The number of hydrogen-bond acceptors (Lipinski definition) is 7. The predicted molar refractivity (Wildman–Crippen MR) is 141 cm³/mol. The molecule has 1 saturated heterocycles. The van der Waals surface area contributed by atoms with Gasteiger partial charge >= 0.3 is 12.1 Å². The number of fused-ring (bicyclic) bond motifs is 1. The van der Waals surface area contributed by atoms with E-state index in [4.69, 9.17) is 21.1 Å². The van der Waals surface area contributed by atoms with E-state index < -0.39 is 40.9 Å². The Labute approximate surface area is 225 Å². The van der Waals surface area contributed by atoms with Gasteiger partial charge in [0.05, 0.1) is 6.61 Å². The highest BCUT2D eigenvalue weighted by Gasteiger charge is 2.31. The Balaban J connectivity index is 1.76. The maximum Gasteiger partial charge on any atom is 0.409 e. The van der Waals surface area contributed by atoms with Gasteiger partial charge < -0.3 is 29.6 Å². The second kappa shape index (κ2) is 12.3. The van der Waals surface area contributed by atoms with Gasteiger partial charge in [0.25, 0.3) is 5.91 Å². The molecule has 0 spiro atoms. The van der Waals surface area contributed by atoms with Crippen molar-refractivity contribution in [2.75, 3.05) is 32.8 Å². The number of aromatic amines is 1. The molecule has 0 saturated carbocycles. The lowest BCUT2D eigenvalue weighted by atomic mass is 10.1. The van der Waals surface area contributed by atoms with Gasteiger partial charge in [0.1, 0.15) is 17.3 Å². The van der Waals surface area contributed by atoms with Crippen molar-refractivity contribution in [1.82, 2.24) is 20.1 Å². The zero-order chi connectivity index (χ0) is 28.0. The Morgan fingerprint density at radius 3 is 2.37 bits per heavy atom. The number of carbonyl (C=O) groups excluding carboxylic acids is 4. The van der Waals surface area contributed by atoms with E-state index in [9.17, 15) is 24.0 Å². The fourth-order valence-electron chi connectivity index (χ4n) is 4.03. The number of benzene rings is 1. The summed E-state index contributed by atoms with van der Waals surface area (Å²) >= 11 is 5.97. The average molecular weight is 549 g/mol. The first-order valence-corrected chi connectivity index (χ1v) is 12.8. The van der Waals surface area contributed by atoms with Crippen LogP contribution in [0, 0.1) is 0 Å². The Hall–Kier alpha value is -3.60. The van der Waals surface area contributed by atoms with E-state index >= 15 is 0 Å². The van der Waals surface area contributed by atoms with E-state index in [0.717, 1.165) is 6.07 Å². The minimum atomic E-state index is -1.06. The summed E-state index contributed by atoms with van der Waals surface area (Å²) in [5.41, 5.74) is -0.722. The van der Waals surface area contributed by atoms with E-state index in [0.29, 0.717) is 15.9 Å². The topological polar surface area (TPSA) is 138 Å². The summed E-state index contributed by atoms with van der Waals surface area (Å²) in [6.07, 6.45) is -0.565. The molecule has 1 aromatic carbocycles. The van der Waals surface area contributed by atoms with Gasteiger partial charge in [-0.1, -0.05) is 11.6 Å². The smallest absolute Gasteiger partial charge is 0.409 e. The van der Waals surface area contributed by atoms with Gasteiger partial charge in [-0.2, -0.15) is 0 Å². The molecule has 1 aliphatic heterocycles. The monoisotopic (exact) mass is 548 g/mol. The molecular formula is C26H33ClN4O7. The molecule has 0 radical (unpaired) electrons. The van der Waals surface area contributed by atoms with Crippen LogP contribution in [0.1, 0.15) is 51.0 Å². The number of esters is 1. The van der Waals surface area contributed by atoms with Gasteiger partial charge in [-0.3, -0.25) is 19.2 Å². The molecule has 206 valence electrons. The van der Waals surface area contributed by atoms with Crippen LogP contribution in [0.4, 0.5) is 4.79 Å². The molecule has 0 unspecified atom stereocenters. The summed E-state index contributed by atoms with van der Waals surface area (Å²) in [5.74, 6) is -1.58. The van der Waals surface area contributed by atoms with Crippen molar-refractivity contribution < 1.29 is 28.7 Å². The number of halogens is 1. The predicted octanol–water partition coefficient (Wildman–Crippen LogP) is 2.70. The summed E-state index contributed by atoms with van der Waals surface area (Å²) in [5, 5.41) is 3.38. The normalized spacial score (nSPS) is 14.7. The zero-order valence-corrected chi connectivity index (χ0v) is 22.7. The summed E-state index contributed by atoms with van der Waals surface area (Å²) < 4.78 is 10.4. The van der Waals surface area contributed by atoms with Crippen molar-refractivity contribution in [3.63, 3.8) is 0 Å². The fraction of sp³-hybridized carbons (Fsp3) is 0.500. The van der Waals surface area contributed by atoms with Crippen LogP contribution in [-0.2, 0) is 19.1 Å². The number of carbonyl (C=O) groups is 4. The third-order valence-corrected chi connectivity index (χ3v) is 6.05. The minimum absolute atomic E-state index is 0.00893. The molecule has 38 heavy (non-hydrogen) atoms. The van der Waals surface area contributed by atoms with Crippen LogP contribution >= 0.6 is 11.6 Å². The molecule has 1 atom stereocenters. The number of H-pyrrole nitrogens is 1. The molecule has 2 N–H and O–H groups in total. The lowest BCUT2D eigenvalue weighted by molar-refractivity contribution is -0.155. The van der Waals surface area contributed by atoms with Gasteiger partial charge in [-0.05, 0) is 52.3 Å². The number of aromatic nitrogens is 1. The molecule has 12 heteroatoms. The lowest BCUT2D eigenvalue weighted by Crippen LogP contribution is -2.56.